The van der Waals surface area contributed by atoms with Crippen LogP contribution in [-0.2, 0) is 14.4 Å². The molecule has 0 saturated carbocycles. The molecule has 5 nitrogen and oxygen atoms in total. The number of aliphatic carboxylic acids is 1. The van der Waals surface area contributed by atoms with Gasteiger partial charge in [-0.25, -0.2) is 5.06 Å². The molecule has 1 N–H and O–H groups in total. The number of amides is 1. The van der Waals surface area contributed by atoms with E-state index in [0.29, 0.717) is 11.5 Å². The fourth-order valence-corrected chi connectivity index (χ4v) is 0.278. The van der Waals surface area contributed by atoms with Gasteiger partial charge in [-0.2, -0.15) is 0 Å². The first kappa shape index (κ1) is 7.90. The summed E-state index contributed by atoms with van der Waals surface area (Å²) in [5.41, 5.74) is 0. The molecule has 0 atom stereocenters. The Kier molecular flexibility index (Phi) is 3.38. The quantitative estimate of drug-likeness (QED) is 0.398. The Balaban J connectivity index is 3.55. The van der Waals surface area contributed by atoms with Gasteiger partial charge in [-0.05, 0) is 0 Å². The van der Waals surface area contributed by atoms with E-state index in [1.807, 2.05) is 0 Å². The van der Waals surface area contributed by atoms with Crippen molar-refractivity contribution in [2.24, 2.45) is 0 Å². The first-order chi connectivity index (χ1) is 4.20. The molecule has 0 aromatic heterocycles. The molecule has 0 unspecified atom stereocenters. The van der Waals surface area contributed by atoms with E-state index < -0.39 is 12.5 Å². The summed E-state index contributed by atoms with van der Waals surface area (Å²) in [6.45, 7) is -0.431. The third kappa shape index (κ3) is 3.48. The van der Waals surface area contributed by atoms with Crippen LogP contribution in [0.4, 0.5) is 0 Å². The van der Waals surface area contributed by atoms with Crippen LogP contribution in [0.3, 0.4) is 0 Å². The average molecular weight is 133 g/mol. The van der Waals surface area contributed by atoms with Gasteiger partial charge < -0.3 is 5.11 Å². The van der Waals surface area contributed by atoms with E-state index in [4.69, 9.17) is 5.11 Å². The molecule has 0 aliphatic rings. The van der Waals surface area contributed by atoms with E-state index >= 15 is 0 Å². The molecule has 9 heavy (non-hydrogen) atoms. The Morgan fingerprint density at radius 2 is 2.44 bits per heavy atom. The third-order valence-corrected chi connectivity index (χ3v) is 0.643. The molecular weight excluding hydrogens is 126 g/mol. The SMILES string of the molecule is CON(C=O)CC(=O)O. The van der Waals surface area contributed by atoms with Gasteiger partial charge in [0.2, 0.25) is 6.41 Å². The van der Waals surface area contributed by atoms with E-state index in [-0.39, 0.29) is 0 Å². The Bertz CT molecular complexity index is 113. The number of hydroxylamine groups is 2. The summed E-state index contributed by atoms with van der Waals surface area (Å²) in [7, 11) is 1.22. The average Bonchev–Trinajstić information content (AvgIpc) is 1.82. The Labute approximate surface area is 51.8 Å². The highest BCUT2D eigenvalue weighted by Crippen LogP contribution is 1.79. The number of carboxylic acids is 1. The normalized spacial score (nSPS) is 8.56. The molecule has 0 spiro atoms. The molecule has 0 fully saturated rings. The highest BCUT2D eigenvalue weighted by molar-refractivity contribution is 5.71. The molecule has 0 aromatic carbocycles. The first-order valence-corrected chi connectivity index (χ1v) is 2.18. The van der Waals surface area contributed by atoms with Gasteiger partial charge in [-0.1, -0.05) is 0 Å². The van der Waals surface area contributed by atoms with Crippen molar-refractivity contribution in [2.75, 3.05) is 13.7 Å². The van der Waals surface area contributed by atoms with Crippen molar-refractivity contribution in [3.05, 3.63) is 0 Å². The third-order valence-electron chi connectivity index (χ3n) is 0.643. The molecule has 52 valence electrons. The lowest BCUT2D eigenvalue weighted by Crippen LogP contribution is -2.27. The first-order valence-electron chi connectivity index (χ1n) is 2.18. The lowest BCUT2D eigenvalue weighted by atomic mass is 10.7. The van der Waals surface area contributed by atoms with Crippen molar-refractivity contribution in [1.82, 2.24) is 5.06 Å². The van der Waals surface area contributed by atoms with Crippen LogP contribution in [0, 0.1) is 0 Å². The fraction of sp³-hybridized carbons (Fsp3) is 0.500. The number of hydrogen-bond donors (Lipinski definition) is 1. The summed E-state index contributed by atoms with van der Waals surface area (Å²) in [5, 5.41) is 8.73. The van der Waals surface area contributed by atoms with Crippen molar-refractivity contribution in [1.29, 1.82) is 0 Å². The van der Waals surface area contributed by atoms with Gasteiger partial charge in [-0.3, -0.25) is 14.4 Å². The lowest BCUT2D eigenvalue weighted by Gasteiger charge is -2.08. The van der Waals surface area contributed by atoms with Gasteiger partial charge in [0.05, 0.1) is 7.11 Å². The molecular formula is C4H7NO4. The molecule has 0 saturated heterocycles. The standard InChI is InChI=1S/C4H7NO4/c1-9-5(3-6)2-4(7)8/h3H,2H2,1H3,(H,7,8). The lowest BCUT2D eigenvalue weighted by molar-refractivity contribution is -0.171. The molecule has 0 aliphatic heterocycles. The maximum Gasteiger partial charge on any atom is 0.325 e. The second-order valence-electron chi connectivity index (χ2n) is 1.26. The van der Waals surface area contributed by atoms with Crippen molar-refractivity contribution >= 4 is 12.4 Å². The minimum Gasteiger partial charge on any atom is -0.480 e. The number of hydrogen-bond acceptors (Lipinski definition) is 3. The molecule has 0 aliphatic carbocycles. The second-order valence-corrected chi connectivity index (χ2v) is 1.26. The summed E-state index contributed by atoms with van der Waals surface area (Å²) in [6, 6.07) is 0. The zero-order valence-corrected chi connectivity index (χ0v) is 4.90. The molecule has 0 heterocycles. The van der Waals surface area contributed by atoms with Gasteiger partial charge in [0.15, 0.2) is 0 Å². The van der Waals surface area contributed by atoms with Gasteiger partial charge in [-0.15, -0.1) is 0 Å². The number of carbonyl (C=O) groups excluding carboxylic acids is 1. The second kappa shape index (κ2) is 3.85. The van der Waals surface area contributed by atoms with E-state index in [9.17, 15) is 9.59 Å². The number of carboxylic acid groups (broad SMARTS) is 1. The molecule has 5 heteroatoms. The maximum absolute atomic E-state index is 9.85. The van der Waals surface area contributed by atoms with Crippen LogP contribution in [0.2, 0.25) is 0 Å². The number of nitrogens with zero attached hydrogens (tertiary/aromatic N) is 1. The zero-order valence-electron chi connectivity index (χ0n) is 4.90. The molecule has 0 radical (unpaired) electrons. The van der Waals surface area contributed by atoms with Crippen LogP contribution in [0.1, 0.15) is 0 Å². The highest BCUT2D eigenvalue weighted by atomic mass is 16.7. The van der Waals surface area contributed by atoms with Crippen LogP contribution >= 0.6 is 0 Å². The van der Waals surface area contributed by atoms with Gasteiger partial charge in [0, 0.05) is 0 Å². The minimum atomic E-state index is -1.11. The van der Waals surface area contributed by atoms with Crippen LogP contribution in [0.5, 0.6) is 0 Å². The predicted molar refractivity (Wildman–Crippen MR) is 27.4 cm³/mol. The van der Waals surface area contributed by atoms with Gasteiger partial charge in [0.25, 0.3) is 0 Å². The molecule has 1 amide bonds. The largest absolute Gasteiger partial charge is 0.480 e. The minimum absolute atomic E-state index is 0.300. The number of rotatable bonds is 4. The zero-order chi connectivity index (χ0) is 7.28. The monoisotopic (exact) mass is 133 g/mol. The van der Waals surface area contributed by atoms with Crippen LogP contribution in [0.25, 0.3) is 0 Å². The fourth-order valence-electron chi connectivity index (χ4n) is 0.278. The van der Waals surface area contributed by atoms with Crippen LogP contribution < -0.4 is 0 Å². The van der Waals surface area contributed by atoms with Gasteiger partial charge >= 0.3 is 5.97 Å². The molecule has 0 bridgehead atoms. The van der Waals surface area contributed by atoms with E-state index in [2.05, 4.69) is 4.84 Å². The Morgan fingerprint density at radius 1 is 1.89 bits per heavy atom. The Hall–Kier alpha value is -1.10. The van der Waals surface area contributed by atoms with E-state index in [1.165, 1.54) is 7.11 Å². The Morgan fingerprint density at radius 3 is 2.56 bits per heavy atom. The van der Waals surface area contributed by atoms with Crippen LogP contribution in [0.15, 0.2) is 0 Å². The highest BCUT2D eigenvalue weighted by Gasteiger charge is 2.03. The predicted octanol–water partition coefficient (Wildman–Crippen LogP) is -0.909. The van der Waals surface area contributed by atoms with Crippen LogP contribution in [-0.4, -0.2) is 36.2 Å². The van der Waals surface area contributed by atoms with Crippen molar-refractivity contribution in [2.45, 2.75) is 0 Å². The van der Waals surface area contributed by atoms with Crippen molar-refractivity contribution in [3.63, 3.8) is 0 Å². The maximum atomic E-state index is 9.85. The summed E-state index contributed by atoms with van der Waals surface area (Å²) in [6.07, 6.45) is 0.300. The number of carbonyl (C=O) groups is 2. The van der Waals surface area contributed by atoms with E-state index in [1.54, 1.807) is 0 Å². The topological polar surface area (TPSA) is 66.8 Å². The summed E-state index contributed by atoms with van der Waals surface area (Å²) >= 11 is 0. The van der Waals surface area contributed by atoms with Crippen molar-refractivity contribution < 1.29 is 19.5 Å². The van der Waals surface area contributed by atoms with Crippen molar-refractivity contribution in [3.8, 4) is 0 Å². The summed E-state index contributed by atoms with van der Waals surface area (Å²) in [4.78, 5) is 24.0. The van der Waals surface area contributed by atoms with E-state index in [0.717, 1.165) is 0 Å². The smallest absolute Gasteiger partial charge is 0.325 e. The molecule has 0 rings (SSSR count). The molecule has 0 aromatic rings. The van der Waals surface area contributed by atoms with Gasteiger partial charge in [0.1, 0.15) is 6.54 Å². The summed E-state index contributed by atoms with van der Waals surface area (Å²) < 4.78 is 0. The summed E-state index contributed by atoms with van der Waals surface area (Å²) in [5.74, 6) is -1.11.